The Morgan fingerprint density at radius 3 is 2.50 bits per heavy atom. The van der Waals surface area contributed by atoms with E-state index < -0.39 is 5.60 Å². The van der Waals surface area contributed by atoms with Crippen LogP contribution in [0, 0.1) is 22.7 Å². The fraction of sp³-hybridized carbons (Fsp3) is 0.833. The Balaban J connectivity index is 0.00000109. The van der Waals surface area contributed by atoms with E-state index in [2.05, 4.69) is 13.8 Å². The van der Waals surface area contributed by atoms with E-state index in [9.17, 15) is 14.7 Å². The van der Waals surface area contributed by atoms with E-state index in [1.165, 1.54) is 5.57 Å². The van der Waals surface area contributed by atoms with Crippen molar-refractivity contribution in [2.24, 2.45) is 22.7 Å². The topological polar surface area (TPSA) is 63.6 Å². The van der Waals surface area contributed by atoms with Crippen molar-refractivity contribution in [2.75, 3.05) is 0 Å². The fourth-order valence-electron chi connectivity index (χ4n) is 6.89. The van der Waals surface area contributed by atoms with Crippen LogP contribution in [0.1, 0.15) is 92.4 Å². The molecule has 0 aromatic carbocycles. The molecule has 0 amide bonds. The standard InChI is InChI=1S/C22H32O4.C2H6/c1-4-19(24)26-18-8-7-16-17-6-5-14-13-15(23)9-10-21(14,3)22(17,25)12-11-20(16,18)2;1-2/h13,16-18,25H,4-12H2,1-3H3;1-2H3/t16?,17?,18-,20?,21?,22+;/m0./s1. The van der Waals surface area contributed by atoms with E-state index in [0.717, 1.165) is 44.9 Å². The van der Waals surface area contributed by atoms with Crippen molar-refractivity contribution in [2.45, 2.75) is 104 Å². The van der Waals surface area contributed by atoms with Crippen molar-refractivity contribution in [3.63, 3.8) is 0 Å². The third-order valence-corrected chi connectivity index (χ3v) is 8.62. The third-order valence-electron chi connectivity index (χ3n) is 8.62. The van der Waals surface area contributed by atoms with Crippen LogP contribution in [0.25, 0.3) is 0 Å². The molecule has 0 heterocycles. The van der Waals surface area contributed by atoms with Crippen molar-refractivity contribution in [1.82, 2.24) is 0 Å². The van der Waals surface area contributed by atoms with Crippen LogP contribution in [-0.2, 0) is 14.3 Å². The number of ether oxygens (including phenoxy) is 1. The predicted octanol–water partition coefficient (Wildman–Crippen LogP) is 4.98. The fourth-order valence-corrected chi connectivity index (χ4v) is 6.89. The average Bonchev–Trinajstić information content (AvgIpc) is 3.01. The number of hydrogen-bond acceptors (Lipinski definition) is 4. The van der Waals surface area contributed by atoms with E-state index in [4.69, 9.17) is 4.74 Å². The maximum atomic E-state index is 11.9. The first-order valence-electron chi connectivity index (χ1n) is 11.4. The lowest BCUT2D eigenvalue weighted by Crippen LogP contribution is -2.63. The second-order valence-electron chi connectivity index (χ2n) is 9.56. The van der Waals surface area contributed by atoms with E-state index in [1.807, 2.05) is 26.8 Å². The molecule has 6 atom stereocenters. The molecule has 4 unspecified atom stereocenters. The summed E-state index contributed by atoms with van der Waals surface area (Å²) < 4.78 is 5.81. The van der Waals surface area contributed by atoms with Crippen molar-refractivity contribution >= 4 is 11.8 Å². The normalized spacial score (nSPS) is 44.3. The summed E-state index contributed by atoms with van der Waals surface area (Å²) in [6, 6.07) is 0. The van der Waals surface area contributed by atoms with Gasteiger partial charge < -0.3 is 9.84 Å². The van der Waals surface area contributed by atoms with Gasteiger partial charge in [0.15, 0.2) is 5.78 Å². The van der Waals surface area contributed by atoms with Crippen LogP contribution in [0.2, 0.25) is 0 Å². The van der Waals surface area contributed by atoms with E-state index >= 15 is 0 Å². The van der Waals surface area contributed by atoms with Crippen LogP contribution in [0.3, 0.4) is 0 Å². The highest BCUT2D eigenvalue weighted by Gasteiger charge is 2.66. The Labute approximate surface area is 170 Å². The largest absolute Gasteiger partial charge is 0.462 e. The predicted molar refractivity (Wildman–Crippen MR) is 110 cm³/mol. The minimum absolute atomic E-state index is 0.0119. The highest BCUT2D eigenvalue weighted by molar-refractivity contribution is 5.91. The molecular formula is C24H38O4. The second kappa shape index (κ2) is 7.59. The molecule has 3 fully saturated rings. The first kappa shape index (κ1) is 21.5. The highest BCUT2D eigenvalue weighted by atomic mass is 16.5. The van der Waals surface area contributed by atoms with E-state index in [0.29, 0.717) is 18.8 Å². The van der Waals surface area contributed by atoms with Crippen LogP contribution >= 0.6 is 0 Å². The minimum atomic E-state index is -0.731. The number of aliphatic hydroxyl groups is 1. The molecule has 28 heavy (non-hydrogen) atoms. The van der Waals surface area contributed by atoms with Crippen molar-refractivity contribution in [3.8, 4) is 0 Å². The minimum Gasteiger partial charge on any atom is -0.462 e. The van der Waals surface area contributed by atoms with Crippen molar-refractivity contribution in [3.05, 3.63) is 11.6 Å². The third kappa shape index (κ3) is 2.98. The van der Waals surface area contributed by atoms with Gasteiger partial charge in [-0.05, 0) is 62.9 Å². The SMILES string of the molecule is CC.CCC(=O)O[C@H]1CCC2C3CCC4=CC(=O)CCC4(C)[C@@]3(O)CCC21C. The zero-order valence-corrected chi connectivity index (χ0v) is 18.3. The lowest BCUT2D eigenvalue weighted by atomic mass is 9.45. The quantitative estimate of drug-likeness (QED) is 0.675. The molecule has 3 saturated carbocycles. The van der Waals surface area contributed by atoms with Crippen LogP contribution in [0.5, 0.6) is 0 Å². The first-order chi connectivity index (χ1) is 13.2. The summed E-state index contributed by atoms with van der Waals surface area (Å²) in [7, 11) is 0. The zero-order valence-electron chi connectivity index (χ0n) is 18.3. The number of fused-ring (bicyclic) bond motifs is 5. The maximum absolute atomic E-state index is 11.9. The molecule has 0 bridgehead atoms. The van der Waals surface area contributed by atoms with Crippen molar-refractivity contribution < 1.29 is 19.4 Å². The van der Waals surface area contributed by atoms with Crippen LogP contribution in [0.4, 0.5) is 0 Å². The molecule has 0 saturated heterocycles. The number of ketones is 1. The number of hydrogen-bond donors (Lipinski definition) is 1. The summed E-state index contributed by atoms with van der Waals surface area (Å²) in [4.78, 5) is 23.8. The van der Waals surface area contributed by atoms with Crippen LogP contribution in [0.15, 0.2) is 11.6 Å². The molecule has 0 aromatic heterocycles. The first-order valence-corrected chi connectivity index (χ1v) is 11.4. The Kier molecular flexibility index (Phi) is 5.84. The smallest absolute Gasteiger partial charge is 0.305 e. The molecule has 0 spiro atoms. The molecule has 4 aliphatic carbocycles. The van der Waals surface area contributed by atoms with Gasteiger partial charge in [-0.15, -0.1) is 0 Å². The lowest BCUT2D eigenvalue weighted by Gasteiger charge is -2.62. The lowest BCUT2D eigenvalue weighted by molar-refractivity contribution is -0.200. The monoisotopic (exact) mass is 390 g/mol. The van der Waals surface area contributed by atoms with Gasteiger partial charge in [0, 0.05) is 23.7 Å². The number of rotatable bonds is 2. The molecule has 158 valence electrons. The van der Waals surface area contributed by atoms with E-state index in [-0.39, 0.29) is 34.6 Å². The number of carbonyl (C=O) groups excluding carboxylic acids is 2. The van der Waals surface area contributed by atoms with Gasteiger partial charge in [0.05, 0.1) is 5.60 Å². The Morgan fingerprint density at radius 2 is 1.82 bits per heavy atom. The van der Waals surface area contributed by atoms with Gasteiger partial charge in [-0.3, -0.25) is 9.59 Å². The summed E-state index contributed by atoms with van der Waals surface area (Å²) in [6.45, 7) is 10.3. The van der Waals surface area contributed by atoms with E-state index in [1.54, 1.807) is 0 Å². The highest BCUT2D eigenvalue weighted by Crippen LogP contribution is 2.67. The molecule has 0 aromatic rings. The summed E-state index contributed by atoms with van der Waals surface area (Å²) in [5, 5.41) is 11.9. The molecule has 4 rings (SSSR count). The van der Waals surface area contributed by atoms with Gasteiger partial charge in [-0.2, -0.15) is 0 Å². The summed E-state index contributed by atoms with van der Waals surface area (Å²) in [6.07, 6.45) is 8.99. The molecule has 0 radical (unpaired) electrons. The molecule has 4 heteroatoms. The average molecular weight is 391 g/mol. The Bertz CT molecular complexity index is 668. The van der Waals surface area contributed by atoms with Crippen LogP contribution in [-0.4, -0.2) is 28.6 Å². The molecular weight excluding hydrogens is 352 g/mol. The summed E-state index contributed by atoms with van der Waals surface area (Å²) in [5.41, 5.74) is 0.140. The van der Waals surface area contributed by atoms with Gasteiger partial charge in [0.2, 0.25) is 0 Å². The van der Waals surface area contributed by atoms with Gasteiger partial charge in [-0.25, -0.2) is 0 Å². The summed E-state index contributed by atoms with van der Waals surface area (Å²) in [5.74, 6) is 0.741. The van der Waals surface area contributed by atoms with Crippen molar-refractivity contribution in [1.29, 1.82) is 0 Å². The Hall–Kier alpha value is -1.16. The van der Waals surface area contributed by atoms with Crippen LogP contribution < -0.4 is 0 Å². The molecule has 1 N–H and O–H groups in total. The second-order valence-corrected chi connectivity index (χ2v) is 9.56. The molecule has 4 nitrogen and oxygen atoms in total. The Morgan fingerprint density at radius 1 is 1.11 bits per heavy atom. The molecule has 4 aliphatic rings. The molecule has 0 aliphatic heterocycles. The van der Waals surface area contributed by atoms with Gasteiger partial charge in [-0.1, -0.05) is 40.2 Å². The zero-order chi connectivity index (χ0) is 20.7. The number of carbonyl (C=O) groups is 2. The maximum Gasteiger partial charge on any atom is 0.305 e. The summed E-state index contributed by atoms with van der Waals surface area (Å²) >= 11 is 0. The van der Waals surface area contributed by atoms with Gasteiger partial charge in [0.1, 0.15) is 6.10 Å². The van der Waals surface area contributed by atoms with Gasteiger partial charge in [0.25, 0.3) is 0 Å². The van der Waals surface area contributed by atoms with Gasteiger partial charge >= 0.3 is 5.97 Å². The number of esters is 1.